The molecule has 2 aliphatic rings. The van der Waals surface area contributed by atoms with Crippen LogP contribution in [0.5, 0.6) is 0 Å². The van der Waals surface area contributed by atoms with Gasteiger partial charge >= 0.3 is 0 Å². The molecular formula is C18H44. The van der Waals surface area contributed by atoms with Gasteiger partial charge in [-0.2, -0.15) is 0 Å². The minimum atomic E-state index is 0. The highest BCUT2D eigenvalue weighted by atomic mass is 14.6. The van der Waals surface area contributed by atoms with Crippen molar-refractivity contribution in [2.24, 2.45) is 16.2 Å². The Morgan fingerprint density at radius 1 is 0.667 bits per heavy atom. The Hall–Kier alpha value is -0.260. The molecule has 0 aliphatic heterocycles. The van der Waals surface area contributed by atoms with Crippen molar-refractivity contribution in [3.05, 3.63) is 12.2 Å². The van der Waals surface area contributed by atoms with Gasteiger partial charge in [-0.05, 0) is 29.1 Å². The van der Waals surface area contributed by atoms with Crippen LogP contribution in [0.15, 0.2) is 12.2 Å². The molecule has 116 valence electrons. The summed E-state index contributed by atoms with van der Waals surface area (Å²) in [6, 6.07) is 0. The molecule has 0 nitrogen and oxygen atoms in total. The summed E-state index contributed by atoms with van der Waals surface area (Å²) in [5.74, 6) is 0. The summed E-state index contributed by atoms with van der Waals surface area (Å²) in [6.45, 7) is 13.5. The minimum absolute atomic E-state index is 0. The first-order valence-corrected chi connectivity index (χ1v) is 5.62. The van der Waals surface area contributed by atoms with E-state index in [1.54, 1.807) is 0 Å². The highest BCUT2D eigenvalue weighted by Crippen LogP contribution is 2.69. The lowest BCUT2D eigenvalue weighted by Gasteiger charge is -2.39. The van der Waals surface area contributed by atoms with E-state index < -0.39 is 0 Å². The van der Waals surface area contributed by atoms with Crippen LogP contribution in [0.25, 0.3) is 0 Å². The first-order chi connectivity index (χ1) is 5.91. The zero-order valence-corrected chi connectivity index (χ0v) is 10.1. The molecule has 1 fully saturated rings. The molecule has 0 atom stereocenters. The first-order valence-electron chi connectivity index (χ1n) is 5.62. The molecule has 0 radical (unpaired) electrons. The summed E-state index contributed by atoms with van der Waals surface area (Å²) in [5.41, 5.74) is 1.49. The fourth-order valence-corrected chi connectivity index (χ4v) is 2.35. The maximum Gasteiger partial charge on any atom is -0.00582 e. The first kappa shape index (κ1) is 30.6. The van der Waals surface area contributed by atoms with Crippen LogP contribution >= 0.6 is 0 Å². The van der Waals surface area contributed by atoms with Gasteiger partial charge in [-0.25, -0.2) is 0 Å². The fourth-order valence-electron chi connectivity index (χ4n) is 2.35. The molecule has 0 heterocycles. The highest BCUT2D eigenvalue weighted by molar-refractivity contribution is 5.28. The van der Waals surface area contributed by atoms with E-state index in [2.05, 4.69) is 39.8 Å². The number of allylic oxidation sites excluding steroid dienone is 2. The van der Waals surface area contributed by atoms with Crippen LogP contribution in [0.1, 0.15) is 91.5 Å². The molecule has 0 unspecified atom stereocenters. The summed E-state index contributed by atoms with van der Waals surface area (Å²) >= 11 is 0. The monoisotopic (exact) mass is 260 g/mol. The van der Waals surface area contributed by atoms with Crippen LogP contribution in [0.3, 0.4) is 0 Å². The molecule has 0 N–H and O–H groups in total. The second-order valence-electron chi connectivity index (χ2n) is 5.34. The summed E-state index contributed by atoms with van der Waals surface area (Å²) in [4.78, 5) is 0. The van der Waals surface area contributed by atoms with Gasteiger partial charge < -0.3 is 0 Å². The Balaban J connectivity index is -0.0000000770. The molecule has 0 bridgehead atoms. The van der Waals surface area contributed by atoms with Crippen molar-refractivity contribution in [1.82, 2.24) is 0 Å². The average Bonchev–Trinajstić information content (AvgIpc) is 2.82. The Morgan fingerprint density at radius 2 is 1.00 bits per heavy atom. The molecule has 1 saturated carbocycles. The van der Waals surface area contributed by atoms with Gasteiger partial charge in [-0.3, -0.25) is 0 Å². The lowest BCUT2D eigenvalue weighted by atomic mass is 9.64. The average molecular weight is 261 g/mol. The fraction of sp³-hybridized carbons (Fsp3) is 0.889. The zero-order chi connectivity index (χ0) is 10.3. The third-order valence-electron chi connectivity index (χ3n) is 4.46. The molecule has 0 amide bonds. The van der Waals surface area contributed by atoms with Crippen molar-refractivity contribution in [3.63, 3.8) is 0 Å². The van der Waals surface area contributed by atoms with Gasteiger partial charge in [0.25, 0.3) is 0 Å². The van der Waals surface area contributed by atoms with E-state index in [1.165, 1.54) is 12.8 Å². The third-order valence-corrected chi connectivity index (χ3v) is 4.46. The van der Waals surface area contributed by atoms with E-state index in [-0.39, 0.29) is 37.1 Å². The van der Waals surface area contributed by atoms with Crippen molar-refractivity contribution in [1.29, 1.82) is 0 Å². The smallest absolute Gasteiger partial charge is 0.00582 e. The number of hydrogen-bond donors (Lipinski definition) is 0. The summed E-state index contributed by atoms with van der Waals surface area (Å²) < 4.78 is 0. The van der Waals surface area contributed by atoms with E-state index in [9.17, 15) is 0 Å². The van der Waals surface area contributed by atoms with Crippen LogP contribution in [0.2, 0.25) is 0 Å². The Bertz CT molecular complexity index is 204. The summed E-state index contributed by atoms with van der Waals surface area (Å²) in [7, 11) is 0. The van der Waals surface area contributed by atoms with Gasteiger partial charge in [-0.15, -0.1) is 0 Å². The topological polar surface area (TPSA) is 0 Å². The Morgan fingerprint density at radius 3 is 1.11 bits per heavy atom. The molecular weight excluding hydrogens is 216 g/mol. The molecule has 18 heavy (non-hydrogen) atoms. The van der Waals surface area contributed by atoms with Crippen molar-refractivity contribution >= 4 is 0 Å². The standard InChI is InChI=1S/C11H18.C2H6.5CH4/c1-9(2)5-6-11(7-8-11)10(9,3)4;1-2;;;;;/h5-6H,7-8H2,1-4H3;1-2H3;5*1H4. The zero-order valence-electron chi connectivity index (χ0n) is 10.1. The predicted molar refractivity (Wildman–Crippen MR) is 93.4 cm³/mol. The van der Waals surface area contributed by atoms with E-state index in [0.29, 0.717) is 16.2 Å². The second-order valence-corrected chi connectivity index (χ2v) is 5.34. The van der Waals surface area contributed by atoms with Gasteiger partial charge in [0.2, 0.25) is 0 Å². The van der Waals surface area contributed by atoms with Crippen LogP contribution in [-0.4, -0.2) is 0 Å². The second kappa shape index (κ2) is 8.77. The van der Waals surface area contributed by atoms with Gasteiger partial charge in [0.1, 0.15) is 0 Å². The number of rotatable bonds is 0. The lowest BCUT2D eigenvalue weighted by Crippen LogP contribution is -2.33. The SMILES string of the molecule is C.C.C.C.C.CC.CC1(C)C=CC2(CC2)C1(C)C. The van der Waals surface area contributed by atoms with Crippen LogP contribution in [0, 0.1) is 16.2 Å². The Labute approximate surface area is 120 Å². The molecule has 2 rings (SSSR count). The Kier molecular flexibility index (Phi) is 14.9. The van der Waals surface area contributed by atoms with E-state index in [0.717, 1.165) is 0 Å². The van der Waals surface area contributed by atoms with E-state index >= 15 is 0 Å². The van der Waals surface area contributed by atoms with Gasteiger partial charge in [0, 0.05) is 0 Å². The normalized spacial score (nSPS) is 21.4. The largest absolute Gasteiger partial charge is 0.0817 e. The molecule has 0 aromatic rings. The minimum Gasteiger partial charge on any atom is -0.0817 e. The van der Waals surface area contributed by atoms with Crippen molar-refractivity contribution < 1.29 is 0 Å². The lowest BCUT2D eigenvalue weighted by molar-refractivity contribution is 0.115. The summed E-state index contributed by atoms with van der Waals surface area (Å²) in [5, 5.41) is 0. The van der Waals surface area contributed by atoms with Crippen molar-refractivity contribution in [2.75, 3.05) is 0 Å². The molecule has 0 heteroatoms. The highest BCUT2D eigenvalue weighted by Gasteiger charge is 2.60. The van der Waals surface area contributed by atoms with Crippen molar-refractivity contribution in [2.45, 2.75) is 91.5 Å². The van der Waals surface area contributed by atoms with Crippen LogP contribution in [0.4, 0.5) is 0 Å². The molecule has 2 aliphatic carbocycles. The number of hydrogen-bond acceptors (Lipinski definition) is 0. The van der Waals surface area contributed by atoms with E-state index in [1.807, 2.05) is 13.8 Å². The van der Waals surface area contributed by atoms with E-state index in [4.69, 9.17) is 0 Å². The maximum atomic E-state index is 2.47. The van der Waals surface area contributed by atoms with Crippen LogP contribution in [-0.2, 0) is 0 Å². The molecule has 0 aromatic carbocycles. The van der Waals surface area contributed by atoms with Crippen LogP contribution < -0.4 is 0 Å². The third kappa shape index (κ3) is 3.87. The molecule has 0 saturated heterocycles. The van der Waals surface area contributed by atoms with Gasteiger partial charge in [0.05, 0.1) is 0 Å². The molecule has 0 aromatic heterocycles. The maximum absolute atomic E-state index is 2.47. The molecule has 1 spiro atoms. The quantitative estimate of drug-likeness (QED) is 0.393. The predicted octanol–water partition coefficient (Wildman–Crippen LogP) is 7.60. The van der Waals surface area contributed by atoms with Gasteiger partial charge in [0.15, 0.2) is 0 Å². The van der Waals surface area contributed by atoms with Gasteiger partial charge in [-0.1, -0.05) is 90.8 Å². The van der Waals surface area contributed by atoms with Crippen molar-refractivity contribution in [3.8, 4) is 0 Å². The summed E-state index contributed by atoms with van der Waals surface area (Å²) in [6.07, 6.45) is 7.72.